The summed E-state index contributed by atoms with van der Waals surface area (Å²) in [6.07, 6.45) is 4.70. The van der Waals surface area contributed by atoms with Crippen molar-refractivity contribution in [2.45, 2.75) is 38.7 Å². The Kier molecular flexibility index (Phi) is 5.70. The lowest BCUT2D eigenvalue weighted by Crippen LogP contribution is -2.42. The number of ether oxygens (including phenoxy) is 1. The second-order valence-corrected chi connectivity index (χ2v) is 6.19. The Hall–Kier alpha value is -0.770. The number of rotatable bonds is 8. The van der Waals surface area contributed by atoms with Crippen molar-refractivity contribution in [3.63, 3.8) is 0 Å². The van der Waals surface area contributed by atoms with E-state index in [1.165, 1.54) is 25.7 Å². The third-order valence-electron chi connectivity index (χ3n) is 4.30. The lowest BCUT2D eigenvalue weighted by Gasteiger charge is -2.41. The maximum atomic E-state index is 9.91. The van der Waals surface area contributed by atoms with Gasteiger partial charge in [0.25, 0.3) is 0 Å². The van der Waals surface area contributed by atoms with E-state index in [1.54, 1.807) is 12.1 Å². The molecule has 4 heteroatoms. The first-order valence-corrected chi connectivity index (χ1v) is 7.78. The van der Waals surface area contributed by atoms with Crippen LogP contribution in [0.25, 0.3) is 0 Å². The van der Waals surface area contributed by atoms with Gasteiger partial charge in [-0.2, -0.15) is 0 Å². The van der Waals surface area contributed by atoms with Gasteiger partial charge in [0.2, 0.25) is 0 Å². The highest BCUT2D eigenvalue weighted by Crippen LogP contribution is 2.42. The number of aliphatic hydroxyl groups is 1. The second kappa shape index (κ2) is 7.30. The van der Waals surface area contributed by atoms with Crippen LogP contribution in [-0.4, -0.2) is 30.9 Å². The Morgan fingerprint density at radius 3 is 2.60 bits per heavy atom. The Morgan fingerprint density at radius 1 is 1.35 bits per heavy atom. The molecule has 0 saturated heterocycles. The maximum absolute atomic E-state index is 9.91. The van der Waals surface area contributed by atoms with Gasteiger partial charge in [-0.05, 0) is 48.9 Å². The van der Waals surface area contributed by atoms with Crippen molar-refractivity contribution in [3.05, 3.63) is 29.3 Å². The molecular formula is C16H24ClNO2. The second-order valence-electron chi connectivity index (χ2n) is 5.76. The molecule has 0 amide bonds. The number of hydrogen-bond donors (Lipinski definition) is 2. The fraction of sp³-hybridized carbons (Fsp3) is 0.625. The third kappa shape index (κ3) is 4.37. The van der Waals surface area contributed by atoms with Gasteiger partial charge in [0.05, 0.1) is 0 Å². The van der Waals surface area contributed by atoms with E-state index in [-0.39, 0.29) is 0 Å². The van der Waals surface area contributed by atoms with Gasteiger partial charge >= 0.3 is 0 Å². The Balaban J connectivity index is 1.63. The normalized spacial score (nSPS) is 18.4. The number of nitrogens with one attached hydrogen (secondary N) is 1. The van der Waals surface area contributed by atoms with Crippen LogP contribution in [0.3, 0.4) is 0 Å². The molecule has 0 bridgehead atoms. The molecule has 20 heavy (non-hydrogen) atoms. The lowest BCUT2D eigenvalue weighted by atomic mass is 9.67. The van der Waals surface area contributed by atoms with E-state index < -0.39 is 6.10 Å². The van der Waals surface area contributed by atoms with E-state index in [1.807, 2.05) is 12.1 Å². The molecule has 1 fully saturated rings. The summed E-state index contributed by atoms with van der Waals surface area (Å²) >= 11 is 5.80. The van der Waals surface area contributed by atoms with Gasteiger partial charge in [0, 0.05) is 18.1 Å². The smallest absolute Gasteiger partial charge is 0.119 e. The van der Waals surface area contributed by atoms with Crippen molar-refractivity contribution in [3.8, 4) is 5.75 Å². The van der Waals surface area contributed by atoms with Gasteiger partial charge in [0.1, 0.15) is 18.5 Å². The van der Waals surface area contributed by atoms with Crippen molar-refractivity contribution < 1.29 is 9.84 Å². The minimum Gasteiger partial charge on any atom is -0.491 e. The molecule has 2 N–H and O–H groups in total. The van der Waals surface area contributed by atoms with Crippen LogP contribution in [0.4, 0.5) is 0 Å². The van der Waals surface area contributed by atoms with Crippen molar-refractivity contribution in [1.29, 1.82) is 0 Å². The largest absolute Gasteiger partial charge is 0.491 e. The zero-order valence-corrected chi connectivity index (χ0v) is 12.8. The summed E-state index contributed by atoms with van der Waals surface area (Å²) < 4.78 is 5.52. The molecule has 1 saturated carbocycles. The van der Waals surface area contributed by atoms with E-state index in [4.69, 9.17) is 16.3 Å². The summed E-state index contributed by atoms with van der Waals surface area (Å²) in [4.78, 5) is 0. The highest BCUT2D eigenvalue weighted by atomic mass is 35.5. The van der Waals surface area contributed by atoms with E-state index in [2.05, 4.69) is 12.2 Å². The summed E-state index contributed by atoms with van der Waals surface area (Å²) in [5, 5.41) is 14.0. The molecule has 0 aromatic heterocycles. The molecule has 1 aromatic rings. The highest BCUT2D eigenvalue weighted by Gasteiger charge is 2.34. The first kappa shape index (κ1) is 15.6. The minimum absolute atomic E-state index is 0.299. The summed E-state index contributed by atoms with van der Waals surface area (Å²) in [6, 6.07) is 7.18. The predicted molar refractivity (Wildman–Crippen MR) is 82.4 cm³/mol. The van der Waals surface area contributed by atoms with Crippen LogP contribution in [-0.2, 0) is 0 Å². The summed E-state index contributed by atoms with van der Waals surface area (Å²) in [5.41, 5.74) is 0.483. The number of benzene rings is 1. The predicted octanol–water partition coefficient (Wildman–Crippen LogP) is 3.25. The molecule has 3 nitrogen and oxygen atoms in total. The topological polar surface area (TPSA) is 41.5 Å². The van der Waals surface area contributed by atoms with Crippen LogP contribution in [0, 0.1) is 5.41 Å². The zero-order valence-electron chi connectivity index (χ0n) is 12.1. The van der Waals surface area contributed by atoms with Crippen molar-refractivity contribution in [2.75, 3.05) is 19.7 Å². The standard InChI is InChI=1S/C16H24ClNO2/c1-2-16(8-3-9-16)12-18-10-14(19)11-20-15-6-4-13(17)5-7-15/h4-7,14,18-19H,2-3,8-12H2,1H3. The van der Waals surface area contributed by atoms with Gasteiger partial charge in [0.15, 0.2) is 0 Å². The van der Waals surface area contributed by atoms with Gasteiger partial charge in [-0.25, -0.2) is 0 Å². The Labute approximate surface area is 126 Å². The molecule has 1 aromatic carbocycles. The number of halogens is 1. The van der Waals surface area contributed by atoms with E-state index in [0.29, 0.717) is 23.6 Å². The van der Waals surface area contributed by atoms with Crippen LogP contribution < -0.4 is 10.1 Å². The SMILES string of the molecule is CCC1(CNCC(O)COc2ccc(Cl)cc2)CCC1. The van der Waals surface area contributed by atoms with Crippen LogP contribution in [0.2, 0.25) is 5.02 Å². The van der Waals surface area contributed by atoms with Crippen molar-refractivity contribution in [2.24, 2.45) is 5.41 Å². The summed E-state index contributed by atoms with van der Waals surface area (Å²) in [7, 11) is 0. The van der Waals surface area contributed by atoms with E-state index >= 15 is 0 Å². The average Bonchev–Trinajstić information content (AvgIpc) is 2.41. The fourth-order valence-corrected chi connectivity index (χ4v) is 2.74. The van der Waals surface area contributed by atoms with Gasteiger partial charge in [-0.3, -0.25) is 0 Å². The van der Waals surface area contributed by atoms with E-state index in [9.17, 15) is 5.11 Å². The summed E-state index contributed by atoms with van der Waals surface area (Å²) in [6.45, 7) is 4.13. The van der Waals surface area contributed by atoms with Crippen LogP contribution in [0.1, 0.15) is 32.6 Å². The van der Waals surface area contributed by atoms with Crippen molar-refractivity contribution >= 4 is 11.6 Å². The zero-order chi connectivity index (χ0) is 14.4. The quantitative estimate of drug-likeness (QED) is 0.774. The molecule has 2 rings (SSSR count). The molecule has 1 aliphatic carbocycles. The number of hydrogen-bond acceptors (Lipinski definition) is 3. The molecule has 1 atom stereocenters. The first-order chi connectivity index (χ1) is 9.63. The third-order valence-corrected chi connectivity index (χ3v) is 4.55. The molecule has 1 unspecified atom stereocenters. The number of aliphatic hydroxyl groups excluding tert-OH is 1. The first-order valence-electron chi connectivity index (χ1n) is 7.41. The van der Waals surface area contributed by atoms with Crippen molar-refractivity contribution in [1.82, 2.24) is 5.32 Å². The van der Waals surface area contributed by atoms with Crippen LogP contribution in [0.15, 0.2) is 24.3 Å². The van der Waals surface area contributed by atoms with Gasteiger partial charge < -0.3 is 15.2 Å². The van der Waals surface area contributed by atoms with Gasteiger partial charge in [-0.15, -0.1) is 0 Å². The molecular weight excluding hydrogens is 274 g/mol. The summed E-state index contributed by atoms with van der Waals surface area (Å²) in [5.74, 6) is 0.734. The average molecular weight is 298 g/mol. The Morgan fingerprint density at radius 2 is 2.05 bits per heavy atom. The van der Waals surface area contributed by atoms with E-state index in [0.717, 1.165) is 12.3 Å². The fourth-order valence-electron chi connectivity index (χ4n) is 2.62. The van der Waals surface area contributed by atoms with Gasteiger partial charge in [-0.1, -0.05) is 24.9 Å². The maximum Gasteiger partial charge on any atom is 0.119 e. The highest BCUT2D eigenvalue weighted by molar-refractivity contribution is 6.30. The lowest BCUT2D eigenvalue weighted by molar-refractivity contribution is 0.0869. The molecule has 1 aliphatic rings. The molecule has 0 heterocycles. The van der Waals surface area contributed by atoms with Crippen LogP contribution >= 0.6 is 11.6 Å². The minimum atomic E-state index is -0.486. The molecule has 112 valence electrons. The Bertz CT molecular complexity index is 398. The molecule has 0 aliphatic heterocycles. The monoisotopic (exact) mass is 297 g/mol. The molecule has 0 spiro atoms. The van der Waals surface area contributed by atoms with Crippen LogP contribution in [0.5, 0.6) is 5.75 Å². The molecule has 0 radical (unpaired) electrons.